The van der Waals surface area contributed by atoms with Gasteiger partial charge in [-0.05, 0) is 30.2 Å². The number of benzene rings is 1. The summed E-state index contributed by atoms with van der Waals surface area (Å²) in [6.07, 6.45) is 5.91. The highest BCUT2D eigenvalue weighted by atomic mass is 35.5. The van der Waals surface area contributed by atoms with Crippen LogP contribution in [0, 0.1) is 6.92 Å². The van der Waals surface area contributed by atoms with Crippen molar-refractivity contribution in [1.29, 1.82) is 0 Å². The average Bonchev–Trinajstić information content (AvgIpc) is 3.03. The molecule has 0 fully saturated rings. The van der Waals surface area contributed by atoms with Crippen molar-refractivity contribution in [3.63, 3.8) is 0 Å². The third-order valence-corrected chi connectivity index (χ3v) is 4.05. The van der Waals surface area contributed by atoms with E-state index in [-0.39, 0.29) is 5.92 Å². The van der Waals surface area contributed by atoms with Gasteiger partial charge in [0, 0.05) is 35.4 Å². The second-order valence-corrected chi connectivity index (χ2v) is 5.33. The van der Waals surface area contributed by atoms with Crippen molar-refractivity contribution in [1.82, 2.24) is 20.2 Å². The number of hydrogen-bond acceptors (Lipinski definition) is 3. The van der Waals surface area contributed by atoms with Crippen LogP contribution in [0.4, 0.5) is 0 Å². The van der Waals surface area contributed by atoms with Crippen LogP contribution in [0.1, 0.15) is 28.4 Å². The first-order chi connectivity index (χ1) is 10.3. The molecule has 0 aliphatic carbocycles. The Morgan fingerprint density at radius 3 is 2.86 bits per heavy atom. The first kappa shape index (κ1) is 13.8. The fraction of sp³-hybridized carbons (Fsp3) is 0.188. The number of nitrogens with one attached hydrogen (secondary N) is 1. The van der Waals surface area contributed by atoms with Gasteiger partial charge in [-0.25, -0.2) is 4.98 Å². The molecule has 0 radical (unpaired) electrons. The number of hydrogen-bond donors (Lipinski definition) is 1. The number of rotatable bonds is 4. The number of halogens is 1. The second kappa shape index (κ2) is 6.06. The minimum Gasteiger partial charge on any atom is -0.348 e. The molecule has 0 aliphatic rings. The Bertz CT molecular complexity index is 710. The first-order valence-corrected chi connectivity index (χ1v) is 7.13. The molecule has 0 amide bonds. The zero-order valence-corrected chi connectivity index (χ0v) is 12.4. The van der Waals surface area contributed by atoms with Crippen LogP contribution in [0.2, 0.25) is 5.02 Å². The van der Waals surface area contributed by atoms with Crippen LogP contribution < -0.4 is 0 Å². The van der Waals surface area contributed by atoms with Gasteiger partial charge in [-0.15, -0.1) is 0 Å². The van der Waals surface area contributed by atoms with Gasteiger partial charge in [-0.3, -0.25) is 0 Å². The van der Waals surface area contributed by atoms with Crippen LogP contribution in [0.15, 0.2) is 49.1 Å². The molecule has 3 aromatic rings. The third-order valence-electron chi connectivity index (χ3n) is 3.53. The van der Waals surface area contributed by atoms with E-state index in [1.807, 2.05) is 37.4 Å². The van der Waals surface area contributed by atoms with Crippen molar-refractivity contribution in [3.05, 3.63) is 76.6 Å². The minimum absolute atomic E-state index is 0.0802. The zero-order valence-electron chi connectivity index (χ0n) is 11.6. The van der Waals surface area contributed by atoms with Crippen molar-refractivity contribution < 1.29 is 0 Å². The van der Waals surface area contributed by atoms with Crippen molar-refractivity contribution >= 4 is 11.6 Å². The highest BCUT2D eigenvalue weighted by Gasteiger charge is 2.20. The van der Waals surface area contributed by atoms with Crippen LogP contribution in [0.25, 0.3) is 0 Å². The maximum atomic E-state index is 6.50. The van der Waals surface area contributed by atoms with Crippen LogP contribution >= 0.6 is 11.6 Å². The van der Waals surface area contributed by atoms with Crippen molar-refractivity contribution in [2.75, 3.05) is 0 Å². The van der Waals surface area contributed by atoms with E-state index in [0.717, 1.165) is 34.0 Å². The Labute approximate surface area is 128 Å². The van der Waals surface area contributed by atoms with Gasteiger partial charge in [0.1, 0.15) is 0 Å². The highest BCUT2D eigenvalue weighted by Crippen LogP contribution is 2.33. The van der Waals surface area contributed by atoms with Gasteiger partial charge in [0.2, 0.25) is 0 Å². The molecule has 1 atom stereocenters. The number of aryl methyl sites for hydroxylation is 1. The molecule has 1 aromatic carbocycles. The third kappa shape index (κ3) is 2.95. The van der Waals surface area contributed by atoms with E-state index < -0.39 is 0 Å². The molecule has 0 aliphatic heterocycles. The topological polar surface area (TPSA) is 54.5 Å². The van der Waals surface area contributed by atoms with Gasteiger partial charge in [-0.2, -0.15) is 10.2 Å². The molecule has 106 valence electrons. The molecular weight excluding hydrogens is 284 g/mol. The lowest BCUT2D eigenvalue weighted by molar-refractivity contribution is 0.744. The van der Waals surface area contributed by atoms with Gasteiger partial charge in [0.25, 0.3) is 0 Å². The molecular formula is C16H15ClN4. The average molecular weight is 299 g/mol. The molecule has 21 heavy (non-hydrogen) atoms. The number of aromatic nitrogens is 4. The lowest BCUT2D eigenvalue weighted by Gasteiger charge is -2.18. The number of H-pyrrole nitrogens is 1. The molecule has 0 bridgehead atoms. The SMILES string of the molecule is Cc1cccc([C@H](Cc2cccnn2)c2cnc[nH]2)c1Cl. The number of nitrogens with zero attached hydrogens (tertiary/aromatic N) is 3. The Hall–Kier alpha value is -2.20. The Morgan fingerprint density at radius 1 is 1.24 bits per heavy atom. The highest BCUT2D eigenvalue weighted by molar-refractivity contribution is 6.32. The summed E-state index contributed by atoms with van der Waals surface area (Å²) in [4.78, 5) is 7.31. The summed E-state index contributed by atoms with van der Waals surface area (Å²) in [5.74, 6) is 0.0802. The normalized spacial score (nSPS) is 12.3. The smallest absolute Gasteiger partial charge is 0.0921 e. The molecule has 1 N–H and O–H groups in total. The quantitative estimate of drug-likeness (QED) is 0.801. The standard InChI is InChI=1S/C16H15ClN4/c1-11-4-2-6-13(16(11)17)14(15-9-18-10-19-15)8-12-5-3-7-20-21-12/h2-7,9-10,14H,8H2,1H3,(H,18,19)/t14-/m0/s1. The largest absolute Gasteiger partial charge is 0.348 e. The number of aromatic amines is 1. The summed E-state index contributed by atoms with van der Waals surface area (Å²) < 4.78 is 0. The molecule has 3 rings (SSSR count). The summed E-state index contributed by atoms with van der Waals surface area (Å²) in [7, 11) is 0. The van der Waals surface area contributed by atoms with Crippen LogP contribution in [-0.4, -0.2) is 20.2 Å². The van der Waals surface area contributed by atoms with Crippen molar-refractivity contribution in [3.8, 4) is 0 Å². The van der Waals surface area contributed by atoms with E-state index in [2.05, 4.69) is 26.2 Å². The van der Waals surface area contributed by atoms with Crippen LogP contribution in [0.5, 0.6) is 0 Å². The van der Waals surface area contributed by atoms with E-state index in [1.54, 1.807) is 12.5 Å². The van der Waals surface area contributed by atoms with Crippen molar-refractivity contribution in [2.24, 2.45) is 0 Å². The van der Waals surface area contributed by atoms with Gasteiger partial charge in [0.15, 0.2) is 0 Å². The van der Waals surface area contributed by atoms with E-state index in [4.69, 9.17) is 11.6 Å². The molecule has 4 nitrogen and oxygen atoms in total. The lowest BCUT2D eigenvalue weighted by Crippen LogP contribution is -2.08. The molecule has 2 aromatic heterocycles. The summed E-state index contributed by atoms with van der Waals surface area (Å²) >= 11 is 6.50. The Kier molecular flexibility index (Phi) is 3.97. The summed E-state index contributed by atoms with van der Waals surface area (Å²) in [6.45, 7) is 2.01. The van der Waals surface area contributed by atoms with Crippen molar-refractivity contribution in [2.45, 2.75) is 19.3 Å². The van der Waals surface area contributed by atoms with Gasteiger partial charge >= 0.3 is 0 Å². The predicted molar refractivity (Wildman–Crippen MR) is 82.4 cm³/mol. The van der Waals surface area contributed by atoms with E-state index >= 15 is 0 Å². The predicted octanol–water partition coefficient (Wildman–Crippen LogP) is 3.54. The number of imidazole rings is 1. The first-order valence-electron chi connectivity index (χ1n) is 6.75. The van der Waals surface area contributed by atoms with Gasteiger partial charge in [-0.1, -0.05) is 29.8 Å². The fourth-order valence-electron chi connectivity index (χ4n) is 2.44. The summed E-state index contributed by atoms with van der Waals surface area (Å²) in [6, 6.07) is 9.95. The summed E-state index contributed by atoms with van der Waals surface area (Å²) in [5.41, 5.74) is 4.09. The lowest BCUT2D eigenvalue weighted by atomic mass is 9.90. The molecule has 0 spiro atoms. The maximum absolute atomic E-state index is 6.50. The fourth-order valence-corrected chi connectivity index (χ4v) is 2.69. The summed E-state index contributed by atoms with van der Waals surface area (Å²) in [5, 5.41) is 8.92. The molecule has 0 unspecified atom stereocenters. The Morgan fingerprint density at radius 2 is 2.14 bits per heavy atom. The monoisotopic (exact) mass is 298 g/mol. The molecule has 2 heterocycles. The molecule has 0 saturated carbocycles. The Balaban J connectivity index is 2.03. The van der Waals surface area contributed by atoms with E-state index in [0.29, 0.717) is 0 Å². The van der Waals surface area contributed by atoms with Gasteiger partial charge < -0.3 is 4.98 Å². The molecule has 5 heteroatoms. The van der Waals surface area contributed by atoms with E-state index in [1.165, 1.54) is 0 Å². The van der Waals surface area contributed by atoms with Gasteiger partial charge in [0.05, 0.1) is 12.0 Å². The minimum atomic E-state index is 0.0802. The van der Waals surface area contributed by atoms with Crippen LogP contribution in [0.3, 0.4) is 0 Å². The van der Waals surface area contributed by atoms with E-state index in [9.17, 15) is 0 Å². The second-order valence-electron chi connectivity index (χ2n) is 4.96. The zero-order chi connectivity index (χ0) is 14.7. The maximum Gasteiger partial charge on any atom is 0.0921 e. The molecule has 0 saturated heterocycles. The van der Waals surface area contributed by atoms with Crippen LogP contribution in [-0.2, 0) is 6.42 Å².